The van der Waals surface area contributed by atoms with Crippen LogP contribution in [0.15, 0.2) is 18.5 Å². The maximum atomic E-state index is 5.63. The quantitative estimate of drug-likeness (QED) is 0.871. The fourth-order valence-corrected chi connectivity index (χ4v) is 1.46. The van der Waals surface area contributed by atoms with E-state index in [0.29, 0.717) is 11.8 Å². The Labute approximate surface area is 99.7 Å². The predicted octanol–water partition coefficient (Wildman–Crippen LogP) is 1.74. The van der Waals surface area contributed by atoms with E-state index < -0.39 is 0 Å². The minimum atomic E-state index is 0.499. The molecule has 0 bridgehead atoms. The summed E-state index contributed by atoms with van der Waals surface area (Å²) in [6.07, 6.45) is 1.47. The molecule has 17 heavy (non-hydrogen) atoms. The summed E-state index contributed by atoms with van der Waals surface area (Å²) in [5.74, 6) is 1.90. The largest absolute Gasteiger partial charge is 0.421 e. The fourth-order valence-electron chi connectivity index (χ4n) is 1.46. The third kappa shape index (κ3) is 2.72. The number of rotatable bonds is 4. The standard InChI is InChI=1S/C11H15N5O/c1-4-12-9-6-10(14-7-13-9)17-11-5-8(2)15-16(11)3/h5-7H,4H2,1-3H3,(H,12,13,14). The van der Waals surface area contributed by atoms with Crippen molar-refractivity contribution in [2.45, 2.75) is 13.8 Å². The van der Waals surface area contributed by atoms with E-state index in [-0.39, 0.29) is 0 Å². The van der Waals surface area contributed by atoms with Gasteiger partial charge in [-0.05, 0) is 13.8 Å². The lowest BCUT2D eigenvalue weighted by molar-refractivity contribution is 0.415. The van der Waals surface area contributed by atoms with E-state index in [1.54, 1.807) is 10.7 Å². The summed E-state index contributed by atoms with van der Waals surface area (Å²) in [7, 11) is 1.83. The van der Waals surface area contributed by atoms with Crippen molar-refractivity contribution < 1.29 is 4.74 Å². The van der Waals surface area contributed by atoms with Gasteiger partial charge in [0.25, 0.3) is 0 Å². The molecule has 0 saturated carbocycles. The van der Waals surface area contributed by atoms with Crippen LogP contribution in [-0.2, 0) is 7.05 Å². The van der Waals surface area contributed by atoms with Crippen LogP contribution in [0.4, 0.5) is 5.82 Å². The molecule has 0 unspecified atom stereocenters. The lowest BCUT2D eigenvalue weighted by atomic mass is 10.5. The zero-order chi connectivity index (χ0) is 12.3. The Balaban J connectivity index is 2.18. The lowest BCUT2D eigenvalue weighted by Gasteiger charge is -2.06. The first-order valence-electron chi connectivity index (χ1n) is 5.43. The molecule has 0 aliphatic heterocycles. The second-order valence-corrected chi connectivity index (χ2v) is 3.62. The van der Waals surface area contributed by atoms with Crippen molar-refractivity contribution in [2.24, 2.45) is 7.05 Å². The van der Waals surface area contributed by atoms with E-state index in [9.17, 15) is 0 Å². The highest BCUT2D eigenvalue weighted by atomic mass is 16.5. The van der Waals surface area contributed by atoms with Crippen LogP contribution in [0.3, 0.4) is 0 Å². The van der Waals surface area contributed by atoms with Crippen LogP contribution in [0.1, 0.15) is 12.6 Å². The van der Waals surface area contributed by atoms with Gasteiger partial charge in [-0.2, -0.15) is 5.10 Å². The van der Waals surface area contributed by atoms with Crippen LogP contribution in [0.25, 0.3) is 0 Å². The molecule has 6 heteroatoms. The van der Waals surface area contributed by atoms with E-state index in [1.165, 1.54) is 6.33 Å². The molecule has 0 radical (unpaired) electrons. The van der Waals surface area contributed by atoms with Gasteiger partial charge >= 0.3 is 0 Å². The van der Waals surface area contributed by atoms with Gasteiger partial charge in [0.1, 0.15) is 12.1 Å². The zero-order valence-electron chi connectivity index (χ0n) is 10.1. The molecule has 1 N–H and O–H groups in total. The average Bonchev–Trinajstić information content (AvgIpc) is 2.58. The molecule has 6 nitrogen and oxygen atoms in total. The summed E-state index contributed by atoms with van der Waals surface area (Å²) in [4.78, 5) is 8.13. The van der Waals surface area contributed by atoms with E-state index in [4.69, 9.17) is 4.74 Å². The van der Waals surface area contributed by atoms with Gasteiger partial charge in [0.05, 0.1) is 5.69 Å². The molecule has 2 heterocycles. The van der Waals surface area contributed by atoms with Gasteiger partial charge in [-0.1, -0.05) is 0 Å². The lowest BCUT2D eigenvalue weighted by Crippen LogP contribution is -2.01. The summed E-state index contributed by atoms with van der Waals surface area (Å²) < 4.78 is 7.30. The maximum absolute atomic E-state index is 5.63. The minimum absolute atomic E-state index is 0.499. The van der Waals surface area contributed by atoms with Gasteiger partial charge in [0.15, 0.2) is 0 Å². The van der Waals surface area contributed by atoms with Crippen LogP contribution >= 0.6 is 0 Å². The molecule has 0 aliphatic carbocycles. The molecule has 0 amide bonds. The molecule has 0 saturated heterocycles. The molecule has 0 atom stereocenters. The topological polar surface area (TPSA) is 64.9 Å². The zero-order valence-corrected chi connectivity index (χ0v) is 10.1. The van der Waals surface area contributed by atoms with Crippen LogP contribution < -0.4 is 10.1 Å². The van der Waals surface area contributed by atoms with E-state index >= 15 is 0 Å². The summed E-state index contributed by atoms with van der Waals surface area (Å²) in [5.41, 5.74) is 0.906. The second-order valence-electron chi connectivity index (χ2n) is 3.62. The molecule has 2 rings (SSSR count). The van der Waals surface area contributed by atoms with E-state index in [0.717, 1.165) is 18.1 Å². The number of nitrogens with one attached hydrogen (secondary N) is 1. The SMILES string of the molecule is CCNc1cc(Oc2cc(C)nn2C)ncn1. The van der Waals surface area contributed by atoms with Crippen molar-refractivity contribution in [3.63, 3.8) is 0 Å². The monoisotopic (exact) mass is 233 g/mol. The number of ether oxygens (including phenoxy) is 1. The maximum Gasteiger partial charge on any atom is 0.226 e. The molecule has 2 aromatic heterocycles. The highest BCUT2D eigenvalue weighted by molar-refractivity contribution is 5.37. The Bertz CT molecular complexity index is 508. The number of nitrogens with zero attached hydrogens (tertiary/aromatic N) is 4. The Hall–Kier alpha value is -2.11. The Morgan fingerprint density at radius 3 is 2.82 bits per heavy atom. The number of hydrogen-bond acceptors (Lipinski definition) is 5. The number of anilines is 1. The van der Waals surface area contributed by atoms with Crippen molar-refractivity contribution >= 4 is 5.82 Å². The Morgan fingerprint density at radius 1 is 1.35 bits per heavy atom. The van der Waals surface area contributed by atoms with Crippen LogP contribution in [-0.4, -0.2) is 26.3 Å². The smallest absolute Gasteiger partial charge is 0.226 e. The van der Waals surface area contributed by atoms with Gasteiger partial charge in [-0.15, -0.1) is 0 Å². The van der Waals surface area contributed by atoms with Crippen molar-refractivity contribution in [2.75, 3.05) is 11.9 Å². The van der Waals surface area contributed by atoms with Gasteiger partial charge in [0.2, 0.25) is 11.8 Å². The Morgan fingerprint density at radius 2 is 2.18 bits per heavy atom. The average molecular weight is 233 g/mol. The summed E-state index contributed by atoms with van der Waals surface area (Å²) in [6, 6.07) is 3.61. The molecule has 0 fully saturated rings. The third-order valence-corrected chi connectivity index (χ3v) is 2.17. The molecule has 0 aromatic carbocycles. The molecular weight excluding hydrogens is 218 g/mol. The number of aromatic nitrogens is 4. The summed E-state index contributed by atoms with van der Waals surface area (Å²) in [6.45, 7) is 4.73. The first-order valence-corrected chi connectivity index (χ1v) is 5.43. The molecule has 90 valence electrons. The molecular formula is C11H15N5O. The normalized spacial score (nSPS) is 10.3. The predicted molar refractivity (Wildman–Crippen MR) is 64.2 cm³/mol. The van der Waals surface area contributed by atoms with Crippen molar-refractivity contribution in [3.8, 4) is 11.8 Å². The van der Waals surface area contributed by atoms with Gasteiger partial charge in [0, 0.05) is 25.7 Å². The Kier molecular flexibility index (Phi) is 3.22. The molecule has 0 spiro atoms. The first kappa shape index (κ1) is 11.4. The number of aryl methyl sites for hydroxylation is 2. The molecule has 0 aliphatic rings. The van der Waals surface area contributed by atoms with Gasteiger partial charge in [-0.3, -0.25) is 0 Å². The summed E-state index contributed by atoms with van der Waals surface area (Å²) >= 11 is 0. The fraction of sp³-hybridized carbons (Fsp3) is 0.364. The first-order chi connectivity index (χ1) is 8.19. The highest BCUT2D eigenvalue weighted by Crippen LogP contribution is 2.20. The highest BCUT2D eigenvalue weighted by Gasteiger charge is 2.06. The van der Waals surface area contributed by atoms with Crippen molar-refractivity contribution in [1.29, 1.82) is 0 Å². The van der Waals surface area contributed by atoms with E-state index in [2.05, 4.69) is 20.4 Å². The van der Waals surface area contributed by atoms with E-state index in [1.807, 2.05) is 27.0 Å². The number of hydrogen-bond donors (Lipinski definition) is 1. The van der Waals surface area contributed by atoms with Crippen LogP contribution in [0.5, 0.6) is 11.8 Å². The van der Waals surface area contributed by atoms with Crippen LogP contribution in [0, 0.1) is 6.92 Å². The van der Waals surface area contributed by atoms with Gasteiger partial charge in [-0.25, -0.2) is 14.6 Å². The second kappa shape index (κ2) is 4.82. The van der Waals surface area contributed by atoms with Crippen LogP contribution in [0.2, 0.25) is 0 Å². The third-order valence-electron chi connectivity index (χ3n) is 2.17. The minimum Gasteiger partial charge on any atom is -0.421 e. The molecule has 2 aromatic rings. The van der Waals surface area contributed by atoms with Gasteiger partial charge < -0.3 is 10.1 Å². The van der Waals surface area contributed by atoms with Crippen molar-refractivity contribution in [3.05, 3.63) is 24.2 Å². The van der Waals surface area contributed by atoms with Crippen molar-refractivity contribution in [1.82, 2.24) is 19.7 Å². The summed E-state index contributed by atoms with van der Waals surface area (Å²) in [5, 5.41) is 7.30.